The third kappa shape index (κ3) is 2.82. The molecule has 2 heteroatoms. The molecule has 1 aromatic rings. The zero-order valence-electron chi connectivity index (χ0n) is 9.70. The van der Waals surface area contributed by atoms with E-state index < -0.39 is 0 Å². The van der Waals surface area contributed by atoms with Crippen LogP contribution in [0.25, 0.3) is 0 Å². The number of thiophene rings is 1. The average molecular weight is 223 g/mol. The second kappa shape index (κ2) is 5.13. The van der Waals surface area contributed by atoms with E-state index in [0.717, 1.165) is 12.0 Å². The van der Waals surface area contributed by atoms with E-state index in [-0.39, 0.29) is 0 Å². The van der Waals surface area contributed by atoms with Gasteiger partial charge in [0.05, 0.1) is 0 Å². The molecule has 15 heavy (non-hydrogen) atoms. The lowest BCUT2D eigenvalue weighted by Gasteiger charge is -2.18. The predicted molar refractivity (Wildman–Crippen MR) is 67.3 cm³/mol. The summed E-state index contributed by atoms with van der Waals surface area (Å²) in [4.78, 5) is 1.47. The fraction of sp³-hybridized carbons (Fsp3) is 0.692. The predicted octanol–water partition coefficient (Wildman–Crippen LogP) is 3.98. The van der Waals surface area contributed by atoms with Gasteiger partial charge >= 0.3 is 0 Å². The van der Waals surface area contributed by atoms with Gasteiger partial charge in [-0.1, -0.05) is 19.4 Å². The maximum atomic E-state index is 3.76. The minimum absolute atomic E-state index is 0.533. The van der Waals surface area contributed by atoms with Crippen LogP contribution in [-0.4, -0.2) is 6.04 Å². The van der Waals surface area contributed by atoms with E-state index in [0.29, 0.717) is 6.04 Å². The number of hydrogen-bond donors (Lipinski definition) is 1. The Kier molecular flexibility index (Phi) is 3.81. The van der Waals surface area contributed by atoms with Gasteiger partial charge in [-0.05, 0) is 43.6 Å². The first kappa shape index (κ1) is 11.2. The van der Waals surface area contributed by atoms with Gasteiger partial charge in [0, 0.05) is 17.0 Å². The van der Waals surface area contributed by atoms with E-state index in [9.17, 15) is 0 Å². The number of nitrogens with one attached hydrogen (secondary N) is 1. The van der Waals surface area contributed by atoms with Crippen molar-refractivity contribution in [2.45, 2.75) is 51.6 Å². The van der Waals surface area contributed by atoms with Crippen LogP contribution in [0, 0.1) is 5.92 Å². The van der Waals surface area contributed by atoms with Gasteiger partial charge in [0.1, 0.15) is 0 Å². The summed E-state index contributed by atoms with van der Waals surface area (Å²) < 4.78 is 0. The molecule has 1 N–H and O–H groups in total. The molecular weight excluding hydrogens is 202 g/mol. The van der Waals surface area contributed by atoms with Gasteiger partial charge in [-0.3, -0.25) is 0 Å². The summed E-state index contributed by atoms with van der Waals surface area (Å²) in [5.41, 5.74) is 0. The maximum Gasteiger partial charge on any atom is 0.0388 e. The van der Waals surface area contributed by atoms with E-state index in [1.54, 1.807) is 0 Å². The Morgan fingerprint density at radius 2 is 2.40 bits per heavy atom. The summed E-state index contributed by atoms with van der Waals surface area (Å²) >= 11 is 1.86. The largest absolute Gasteiger partial charge is 0.307 e. The lowest BCUT2D eigenvalue weighted by molar-refractivity contribution is 0.441. The summed E-state index contributed by atoms with van der Waals surface area (Å²) in [5, 5.41) is 5.92. The zero-order valence-corrected chi connectivity index (χ0v) is 10.5. The lowest BCUT2D eigenvalue weighted by atomic mass is 10.1. The Labute approximate surface area is 96.9 Å². The standard InChI is InChI=1S/C13H21NS/c1-3-11-6-7-12(9-11)14-10(2)13-5-4-8-15-13/h4-5,8,10-12,14H,3,6-7,9H2,1-2H3. The summed E-state index contributed by atoms with van der Waals surface area (Å²) in [5.74, 6) is 0.970. The molecule has 0 radical (unpaired) electrons. The highest BCUT2D eigenvalue weighted by Crippen LogP contribution is 2.30. The monoisotopic (exact) mass is 223 g/mol. The molecule has 3 atom stereocenters. The third-order valence-electron chi connectivity index (χ3n) is 3.57. The second-order valence-electron chi connectivity index (χ2n) is 4.69. The molecule has 0 spiro atoms. The van der Waals surface area contributed by atoms with Crippen molar-refractivity contribution in [3.63, 3.8) is 0 Å². The van der Waals surface area contributed by atoms with Gasteiger partial charge in [-0.15, -0.1) is 11.3 Å². The summed E-state index contributed by atoms with van der Waals surface area (Å²) in [7, 11) is 0. The molecule has 0 bridgehead atoms. The van der Waals surface area contributed by atoms with Crippen molar-refractivity contribution >= 4 is 11.3 Å². The molecular formula is C13H21NS. The second-order valence-corrected chi connectivity index (χ2v) is 5.67. The molecule has 1 heterocycles. The molecule has 1 aliphatic rings. The molecule has 1 aliphatic carbocycles. The SMILES string of the molecule is CCC1CCC(NC(C)c2cccs2)C1. The fourth-order valence-electron chi connectivity index (χ4n) is 2.57. The van der Waals surface area contributed by atoms with Crippen LogP contribution in [0.15, 0.2) is 17.5 Å². The molecule has 2 rings (SSSR count). The van der Waals surface area contributed by atoms with Crippen LogP contribution in [0.1, 0.15) is 50.4 Å². The zero-order chi connectivity index (χ0) is 10.7. The quantitative estimate of drug-likeness (QED) is 0.814. The van der Waals surface area contributed by atoms with Crippen molar-refractivity contribution in [1.29, 1.82) is 0 Å². The van der Waals surface area contributed by atoms with Gasteiger partial charge in [0.25, 0.3) is 0 Å². The Morgan fingerprint density at radius 3 is 3.00 bits per heavy atom. The van der Waals surface area contributed by atoms with E-state index in [1.807, 2.05) is 11.3 Å². The highest BCUT2D eigenvalue weighted by molar-refractivity contribution is 7.10. The smallest absolute Gasteiger partial charge is 0.0388 e. The van der Waals surface area contributed by atoms with Crippen molar-refractivity contribution in [3.05, 3.63) is 22.4 Å². The Hall–Kier alpha value is -0.340. The topological polar surface area (TPSA) is 12.0 Å². The highest BCUT2D eigenvalue weighted by Gasteiger charge is 2.24. The molecule has 1 nitrogen and oxygen atoms in total. The maximum absolute atomic E-state index is 3.76. The first-order chi connectivity index (χ1) is 7.29. The molecule has 84 valence electrons. The molecule has 0 amide bonds. The minimum atomic E-state index is 0.533. The van der Waals surface area contributed by atoms with Crippen molar-refractivity contribution in [3.8, 4) is 0 Å². The molecule has 0 aliphatic heterocycles. The average Bonchev–Trinajstić information content (AvgIpc) is 2.87. The first-order valence-corrected chi connectivity index (χ1v) is 6.97. The van der Waals surface area contributed by atoms with Gasteiger partial charge in [-0.2, -0.15) is 0 Å². The van der Waals surface area contributed by atoms with Crippen molar-refractivity contribution in [1.82, 2.24) is 5.32 Å². The van der Waals surface area contributed by atoms with Crippen LogP contribution in [0.4, 0.5) is 0 Å². The van der Waals surface area contributed by atoms with Crippen LogP contribution in [0.3, 0.4) is 0 Å². The van der Waals surface area contributed by atoms with E-state index >= 15 is 0 Å². The fourth-order valence-corrected chi connectivity index (χ4v) is 3.31. The normalized spacial score (nSPS) is 28.1. The highest BCUT2D eigenvalue weighted by atomic mass is 32.1. The Balaban J connectivity index is 1.83. The molecule has 0 aromatic carbocycles. The van der Waals surface area contributed by atoms with Crippen molar-refractivity contribution < 1.29 is 0 Å². The van der Waals surface area contributed by atoms with Crippen LogP contribution in [0.5, 0.6) is 0 Å². The van der Waals surface area contributed by atoms with Crippen LogP contribution >= 0.6 is 11.3 Å². The molecule has 0 saturated heterocycles. The Bertz CT molecular complexity index is 281. The van der Waals surface area contributed by atoms with Crippen molar-refractivity contribution in [2.24, 2.45) is 5.92 Å². The molecule has 3 unspecified atom stereocenters. The molecule has 1 fully saturated rings. The summed E-state index contributed by atoms with van der Waals surface area (Å²) in [6.07, 6.45) is 5.53. The van der Waals surface area contributed by atoms with Gasteiger partial charge in [-0.25, -0.2) is 0 Å². The van der Waals surface area contributed by atoms with E-state index in [2.05, 4.69) is 36.7 Å². The number of hydrogen-bond acceptors (Lipinski definition) is 2. The molecule has 1 aromatic heterocycles. The van der Waals surface area contributed by atoms with E-state index in [1.165, 1.54) is 30.6 Å². The van der Waals surface area contributed by atoms with Crippen LogP contribution in [-0.2, 0) is 0 Å². The van der Waals surface area contributed by atoms with Crippen molar-refractivity contribution in [2.75, 3.05) is 0 Å². The van der Waals surface area contributed by atoms with Gasteiger partial charge < -0.3 is 5.32 Å². The van der Waals surface area contributed by atoms with Crippen LogP contribution < -0.4 is 5.32 Å². The van der Waals surface area contributed by atoms with E-state index in [4.69, 9.17) is 0 Å². The molecule has 1 saturated carbocycles. The lowest BCUT2D eigenvalue weighted by Crippen LogP contribution is -2.28. The number of rotatable bonds is 4. The van der Waals surface area contributed by atoms with Gasteiger partial charge in [0.15, 0.2) is 0 Å². The van der Waals surface area contributed by atoms with Gasteiger partial charge in [0.2, 0.25) is 0 Å². The summed E-state index contributed by atoms with van der Waals surface area (Å²) in [6, 6.07) is 5.66. The van der Waals surface area contributed by atoms with Crippen LogP contribution in [0.2, 0.25) is 0 Å². The minimum Gasteiger partial charge on any atom is -0.307 e. The third-order valence-corrected chi connectivity index (χ3v) is 4.63. The first-order valence-electron chi connectivity index (χ1n) is 6.09. The Morgan fingerprint density at radius 1 is 1.53 bits per heavy atom. The summed E-state index contributed by atoms with van der Waals surface area (Å²) in [6.45, 7) is 4.60.